The van der Waals surface area contributed by atoms with Crippen LogP contribution in [0.5, 0.6) is 5.75 Å². The number of phenolic OH excluding ortho intramolecular Hbond substituents is 1. The Morgan fingerprint density at radius 1 is 1.03 bits per heavy atom. The van der Waals surface area contributed by atoms with Crippen LogP contribution in [0, 0.1) is 0 Å². The molecular weight excluding hydrogens is 449 g/mol. The van der Waals surface area contributed by atoms with Gasteiger partial charge in [0.2, 0.25) is 0 Å². The van der Waals surface area contributed by atoms with E-state index in [-0.39, 0.29) is 35.0 Å². The highest BCUT2D eigenvalue weighted by molar-refractivity contribution is 6.04. The quantitative estimate of drug-likeness (QED) is 0.451. The van der Waals surface area contributed by atoms with Gasteiger partial charge < -0.3 is 15.7 Å². The maximum atomic E-state index is 13.0. The van der Waals surface area contributed by atoms with Gasteiger partial charge in [-0.25, -0.2) is 4.79 Å². The van der Waals surface area contributed by atoms with E-state index in [1.54, 1.807) is 6.07 Å². The average molecular weight is 470 g/mol. The summed E-state index contributed by atoms with van der Waals surface area (Å²) in [6, 6.07) is 9.98. The van der Waals surface area contributed by atoms with Crippen LogP contribution in [0.3, 0.4) is 0 Å². The van der Waals surface area contributed by atoms with Crippen molar-refractivity contribution < 1.29 is 27.9 Å². The molecule has 0 atom stereocenters. The number of carbonyl (C=O) groups is 2. The van der Waals surface area contributed by atoms with E-state index in [1.165, 1.54) is 35.0 Å². The number of nitrogens with one attached hydrogen (secondary N) is 2. The Balaban J connectivity index is 1.41. The van der Waals surface area contributed by atoms with Crippen LogP contribution < -0.4 is 10.6 Å². The van der Waals surface area contributed by atoms with Crippen molar-refractivity contribution in [2.24, 2.45) is 0 Å². The van der Waals surface area contributed by atoms with Crippen molar-refractivity contribution in [1.82, 2.24) is 15.1 Å². The van der Waals surface area contributed by atoms with Crippen LogP contribution in [0.2, 0.25) is 0 Å². The SMILES string of the molecule is O=C(Nc1ccc(O)c(-c2cc(C3CC3)n(C(=O)NC3CC3)n2)c1)c1cccc(C(F)(F)F)c1. The molecule has 2 saturated carbocycles. The predicted molar refractivity (Wildman–Crippen MR) is 118 cm³/mol. The van der Waals surface area contributed by atoms with Gasteiger partial charge in [0.25, 0.3) is 5.91 Å². The fraction of sp³-hybridized carbons (Fsp3) is 0.292. The second-order valence-corrected chi connectivity index (χ2v) is 8.63. The number of nitrogens with zero attached hydrogens (tertiary/aromatic N) is 2. The first kappa shape index (κ1) is 22.0. The second kappa shape index (κ2) is 8.19. The molecule has 2 aliphatic rings. The zero-order valence-corrected chi connectivity index (χ0v) is 17.9. The summed E-state index contributed by atoms with van der Waals surface area (Å²) in [6.07, 6.45) is -0.798. The predicted octanol–water partition coefficient (Wildman–Crippen LogP) is 5.12. The summed E-state index contributed by atoms with van der Waals surface area (Å²) in [7, 11) is 0. The third kappa shape index (κ3) is 4.61. The molecule has 1 aromatic heterocycles. The van der Waals surface area contributed by atoms with E-state index in [0.29, 0.717) is 11.3 Å². The lowest BCUT2D eigenvalue weighted by molar-refractivity contribution is -0.137. The minimum Gasteiger partial charge on any atom is -0.507 e. The molecule has 2 aliphatic carbocycles. The van der Waals surface area contributed by atoms with Crippen LogP contribution >= 0.6 is 0 Å². The Morgan fingerprint density at radius 2 is 1.79 bits per heavy atom. The maximum Gasteiger partial charge on any atom is 0.416 e. The summed E-state index contributed by atoms with van der Waals surface area (Å²) in [5, 5.41) is 20.3. The number of phenols is 1. The van der Waals surface area contributed by atoms with Crippen LogP contribution in [-0.2, 0) is 6.18 Å². The molecule has 3 aromatic rings. The van der Waals surface area contributed by atoms with Gasteiger partial charge in [-0.3, -0.25) is 4.79 Å². The number of benzene rings is 2. The summed E-state index contributed by atoms with van der Waals surface area (Å²) in [5.41, 5.74) is 0.601. The number of hydrogen-bond donors (Lipinski definition) is 3. The molecule has 2 fully saturated rings. The molecule has 2 aromatic carbocycles. The Labute approximate surface area is 192 Å². The molecule has 1 heterocycles. The van der Waals surface area contributed by atoms with Crippen LogP contribution in [-0.4, -0.2) is 32.9 Å². The third-order valence-electron chi connectivity index (χ3n) is 5.81. The van der Waals surface area contributed by atoms with Gasteiger partial charge in [-0.1, -0.05) is 6.07 Å². The smallest absolute Gasteiger partial charge is 0.416 e. The maximum absolute atomic E-state index is 13.0. The molecule has 3 N–H and O–H groups in total. The molecule has 0 spiro atoms. The molecule has 0 bridgehead atoms. The number of alkyl halides is 3. The minimum absolute atomic E-state index is 0.105. The normalized spacial score (nSPS) is 15.7. The molecule has 5 rings (SSSR count). The highest BCUT2D eigenvalue weighted by Gasteiger charge is 2.33. The molecule has 0 saturated heterocycles. The summed E-state index contributed by atoms with van der Waals surface area (Å²) < 4.78 is 40.2. The van der Waals surface area contributed by atoms with Crippen molar-refractivity contribution in [2.75, 3.05) is 5.32 Å². The Morgan fingerprint density at radius 3 is 2.47 bits per heavy atom. The van der Waals surface area contributed by atoms with Gasteiger partial charge in [-0.05, 0) is 68.1 Å². The first-order chi connectivity index (χ1) is 16.2. The van der Waals surface area contributed by atoms with Gasteiger partial charge in [-0.2, -0.15) is 23.0 Å². The fourth-order valence-corrected chi connectivity index (χ4v) is 3.68. The molecular formula is C24H21F3N4O3. The van der Waals surface area contributed by atoms with E-state index in [9.17, 15) is 27.9 Å². The van der Waals surface area contributed by atoms with E-state index in [1.807, 2.05) is 0 Å². The first-order valence-electron chi connectivity index (χ1n) is 10.9. The lowest BCUT2D eigenvalue weighted by Crippen LogP contribution is -2.32. The van der Waals surface area contributed by atoms with Crippen molar-refractivity contribution in [2.45, 2.75) is 43.8 Å². The van der Waals surface area contributed by atoms with Crippen molar-refractivity contribution in [3.63, 3.8) is 0 Å². The number of amides is 2. The number of hydrogen-bond acceptors (Lipinski definition) is 4. The minimum atomic E-state index is -4.56. The number of rotatable bonds is 5. The molecule has 0 radical (unpaired) electrons. The summed E-state index contributed by atoms with van der Waals surface area (Å²) in [5.74, 6) is -0.612. The lowest BCUT2D eigenvalue weighted by Gasteiger charge is -2.10. The number of halogens is 3. The van der Waals surface area contributed by atoms with Crippen molar-refractivity contribution in [3.8, 4) is 17.0 Å². The topological polar surface area (TPSA) is 96.2 Å². The van der Waals surface area contributed by atoms with E-state index < -0.39 is 17.6 Å². The van der Waals surface area contributed by atoms with E-state index >= 15 is 0 Å². The standard InChI is InChI=1S/C24H21F3N4O3/c25-24(26,27)15-3-1-2-14(10-15)22(33)28-17-8-9-21(32)18(11-17)19-12-20(13-4-5-13)31(30-19)23(34)29-16-6-7-16/h1-3,8-13,16,32H,4-7H2,(H,28,33)(H,29,34). The Hall–Kier alpha value is -3.82. The van der Waals surface area contributed by atoms with Crippen LogP contribution in [0.25, 0.3) is 11.3 Å². The van der Waals surface area contributed by atoms with Gasteiger partial charge >= 0.3 is 12.2 Å². The Bertz CT molecular complexity index is 1280. The Kier molecular flexibility index (Phi) is 5.30. The van der Waals surface area contributed by atoms with Crippen LogP contribution in [0.4, 0.5) is 23.7 Å². The number of aromatic hydroxyl groups is 1. The van der Waals surface area contributed by atoms with Crippen molar-refractivity contribution in [3.05, 3.63) is 65.4 Å². The fourth-order valence-electron chi connectivity index (χ4n) is 3.68. The monoisotopic (exact) mass is 470 g/mol. The van der Waals surface area contributed by atoms with E-state index in [0.717, 1.165) is 43.5 Å². The summed E-state index contributed by atoms with van der Waals surface area (Å²) >= 11 is 0. The molecule has 7 nitrogen and oxygen atoms in total. The lowest BCUT2D eigenvalue weighted by atomic mass is 10.1. The molecule has 0 aliphatic heterocycles. The average Bonchev–Trinajstić information content (AvgIpc) is 3.74. The summed E-state index contributed by atoms with van der Waals surface area (Å²) in [6.45, 7) is 0. The van der Waals surface area contributed by atoms with Crippen molar-refractivity contribution in [1.29, 1.82) is 0 Å². The van der Waals surface area contributed by atoms with E-state index in [4.69, 9.17) is 0 Å². The van der Waals surface area contributed by atoms with Gasteiger partial charge in [0.05, 0.1) is 17.0 Å². The largest absolute Gasteiger partial charge is 0.507 e. The highest BCUT2D eigenvalue weighted by atomic mass is 19.4. The van der Waals surface area contributed by atoms with Gasteiger partial charge in [0.15, 0.2) is 0 Å². The molecule has 10 heteroatoms. The van der Waals surface area contributed by atoms with Crippen LogP contribution in [0.1, 0.15) is 53.2 Å². The van der Waals surface area contributed by atoms with Crippen molar-refractivity contribution >= 4 is 17.6 Å². The first-order valence-corrected chi connectivity index (χ1v) is 10.9. The zero-order valence-electron chi connectivity index (χ0n) is 17.9. The summed E-state index contributed by atoms with van der Waals surface area (Å²) in [4.78, 5) is 25.2. The number of anilines is 1. The van der Waals surface area contributed by atoms with Gasteiger partial charge in [0, 0.05) is 28.8 Å². The van der Waals surface area contributed by atoms with E-state index in [2.05, 4.69) is 15.7 Å². The molecule has 2 amide bonds. The molecule has 176 valence electrons. The molecule has 34 heavy (non-hydrogen) atoms. The van der Waals surface area contributed by atoms with Gasteiger partial charge in [-0.15, -0.1) is 0 Å². The van der Waals surface area contributed by atoms with Gasteiger partial charge in [0.1, 0.15) is 5.75 Å². The number of carbonyl (C=O) groups excluding carboxylic acids is 2. The zero-order chi connectivity index (χ0) is 24.0. The second-order valence-electron chi connectivity index (χ2n) is 8.63. The molecule has 0 unspecified atom stereocenters. The third-order valence-corrected chi connectivity index (χ3v) is 5.81. The van der Waals surface area contributed by atoms with Crippen LogP contribution in [0.15, 0.2) is 48.5 Å². The highest BCUT2D eigenvalue weighted by Crippen LogP contribution is 2.42. The number of aromatic nitrogens is 2.